The van der Waals surface area contributed by atoms with E-state index in [4.69, 9.17) is 25.8 Å². The average molecular weight is 495 g/mol. The van der Waals surface area contributed by atoms with Crippen molar-refractivity contribution < 1.29 is 27.8 Å². The molecule has 1 saturated carbocycles. The fourth-order valence-corrected chi connectivity index (χ4v) is 4.75. The lowest BCUT2D eigenvalue weighted by molar-refractivity contribution is -0.167. The Morgan fingerprint density at radius 3 is 2.76 bits per heavy atom. The number of alkyl halides is 2. The Labute approximate surface area is 200 Å². The van der Waals surface area contributed by atoms with Crippen molar-refractivity contribution in [2.24, 2.45) is 5.92 Å². The minimum Gasteiger partial charge on any atom is -0.356 e. The van der Waals surface area contributed by atoms with Crippen molar-refractivity contribution in [1.29, 1.82) is 0 Å². The molecule has 3 fully saturated rings. The molecule has 0 bridgehead atoms. The molecule has 2 N–H and O–H groups in total. The molecular weight excluding hydrogens is 470 g/mol. The summed E-state index contributed by atoms with van der Waals surface area (Å²) in [5.41, 5.74) is 2.23. The number of halogens is 3. The third-order valence-electron chi connectivity index (χ3n) is 6.43. The molecule has 3 aliphatic rings. The number of nitrogens with one attached hydrogen (secondary N) is 2. The summed E-state index contributed by atoms with van der Waals surface area (Å²) in [5, 5.41) is 6.30. The van der Waals surface area contributed by atoms with Gasteiger partial charge in [-0.05, 0) is 30.2 Å². The van der Waals surface area contributed by atoms with Crippen molar-refractivity contribution in [3.05, 3.63) is 46.9 Å². The van der Waals surface area contributed by atoms with Gasteiger partial charge in [0.15, 0.2) is 12.0 Å². The molecular formula is C23H25ClF2N4O4. The van der Waals surface area contributed by atoms with E-state index in [-0.39, 0.29) is 25.2 Å². The third kappa shape index (κ3) is 4.72. The van der Waals surface area contributed by atoms with E-state index in [2.05, 4.69) is 20.6 Å². The van der Waals surface area contributed by atoms with Gasteiger partial charge in [-0.25, -0.2) is 18.7 Å². The summed E-state index contributed by atoms with van der Waals surface area (Å²) in [7, 11) is 0. The van der Waals surface area contributed by atoms with Crippen molar-refractivity contribution >= 4 is 29.0 Å². The maximum atomic E-state index is 13.4. The van der Waals surface area contributed by atoms with Gasteiger partial charge in [-0.2, -0.15) is 0 Å². The number of carbonyl (C=O) groups is 1. The largest absolute Gasteiger partial charge is 0.356 e. The molecule has 0 spiro atoms. The number of epoxide rings is 1. The second-order valence-electron chi connectivity index (χ2n) is 8.74. The molecule has 0 radical (unpaired) electrons. The first-order valence-corrected chi connectivity index (χ1v) is 11.7. The monoisotopic (exact) mass is 494 g/mol. The summed E-state index contributed by atoms with van der Waals surface area (Å²) < 4.78 is 44.5. The zero-order valence-electron chi connectivity index (χ0n) is 18.5. The second kappa shape index (κ2) is 8.99. The molecule has 8 nitrogen and oxygen atoms in total. The molecule has 1 amide bonds. The van der Waals surface area contributed by atoms with E-state index >= 15 is 0 Å². The topological polar surface area (TPSA) is 97.9 Å². The molecule has 2 aliphatic heterocycles. The van der Waals surface area contributed by atoms with Gasteiger partial charge >= 0.3 is 0 Å². The van der Waals surface area contributed by atoms with E-state index in [1.54, 1.807) is 30.6 Å². The van der Waals surface area contributed by atoms with E-state index in [9.17, 15) is 13.6 Å². The second-order valence-corrected chi connectivity index (χ2v) is 9.12. The van der Waals surface area contributed by atoms with Gasteiger partial charge in [-0.1, -0.05) is 18.5 Å². The molecule has 3 atom stereocenters. The summed E-state index contributed by atoms with van der Waals surface area (Å²) in [5.74, 6) is -4.53. The highest BCUT2D eigenvalue weighted by atomic mass is 35.5. The van der Waals surface area contributed by atoms with Crippen molar-refractivity contribution in [2.75, 3.05) is 23.8 Å². The van der Waals surface area contributed by atoms with E-state index in [0.29, 0.717) is 36.3 Å². The molecule has 2 saturated heterocycles. The standard InChI is InChI=1S/C23H25ClF2N4O4/c1-2-23(32-7-8-33-23)15-10-17(24)28-12-16(15)29-21-19(34-21)13-4-6-27-18(9-13)30-20(31)14-3-5-22(25,26)11-14/h4,6,9-10,12,14,19,21,29H,2-3,5,7-8,11H2,1H3,(H,27,30,31). The predicted molar refractivity (Wildman–Crippen MR) is 120 cm³/mol. The van der Waals surface area contributed by atoms with E-state index < -0.39 is 30.0 Å². The first kappa shape index (κ1) is 23.3. The highest BCUT2D eigenvalue weighted by molar-refractivity contribution is 6.29. The molecule has 11 heteroatoms. The highest BCUT2D eigenvalue weighted by Crippen LogP contribution is 2.44. The third-order valence-corrected chi connectivity index (χ3v) is 6.63. The molecule has 2 aromatic heterocycles. The van der Waals surface area contributed by atoms with Crippen LogP contribution in [0.2, 0.25) is 5.15 Å². The number of hydrogen-bond donors (Lipinski definition) is 2. The number of rotatable bonds is 7. The summed E-state index contributed by atoms with van der Waals surface area (Å²) in [6.45, 7) is 2.94. The number of aromatic nitrogens is 2. The van der Waals surface area contributed by atoms with Crippen molar-refractivity contribution in [3.63, 3.8) is 0 Å². The van der Waals surface area contributed by atoms with Gasteiger partial charge in [0, 0.05) is 36.9 Å². The summed E-state index contributed by atoms with van der Waals surface area (Å²) >= 11 is 6.15. The molecule has 3 unspecified atom stereocenters. The molecule has 5 rings (SSSR count). The highest BCUT2D eigenvalue weighted by Gasteiger charge is 2.45. The van der Waals surface area contributed by atoms with Crippen LogP contribution >= 0.6 is 11.6 Å². The zero-order chi connectivity index (χ0) is 23.9. The maximum absolute atomic E-state index is 13.4. The fraction of sp³-hybridized carbons (Fsp3) is 0.522. The zero-order valence-corrected chi connectivity index (χ0v) is 19.3. The van der Waals surface area contributed by atoms with E-state index in [1.165, 1.54) is 0 Å². The van der Waals surface area contributed by atoms with E-state index in [1.807, 2.05) is 6.92 Å². The molecule has 1 aliphatic carbocycles. The number of hydrogen-bond acceptors (Lipinski definition) is 7. The van der Waals surface area contributed by atoms with Gasteiger partial charge in [0.05, 0.1) is 25.1 Å². The van der Waals surface area contributed by atoms with Crippen LogP contribution in [0.3, 0.4) is 0 Å². The summed E-state index contributed by atoms with van der Waals surface area (Å²) in [6, 6.07) is 5.20. The minimum atomic E-state index is -2.78. The molecule has 182 valence electrons. The molecule has 2 aromatic rings. The number of pyridine rings is 2. The van der Waals surface area contributed by atoms with Gasteiger partial charge in [0.2, 0.25) is 11.8 Å². The van der Waals surface area contributed by atoms with Gasteiger partial charge in [-0.3, -0.25) is 4.79 Å². The van der Waals surface area contributed by atoms with Crippen LogP contribution in [-0.2, 0) is 24.8 Å². The molecule has 34 heavy (non-hydrogen) atoms. The lowest BCUT2D eigenvalue weighted by atomic mass is 10.0. The minimum absolute atomic E-state index is 0.167. The lowest BCUT2D eigenvalue weighted by Crippen LogP contribution is -2.28. The van der Waals surface area contributed by atoms with Crippen LogP contribution in [0.5, 0.6) is 0 Å². The van der Waals surface area contributed by atoms with E-state index in [0.717, 1.165) is 11.1 Å². The average Bonchev–Trinajstić information content (AvgIpc) is 3.22. The van der Waals surface area contributed by atoms with Crippen LogP contribution in [-0.4, -0.2) is 41.2 Å². The predicted octanol–water partition coefficient (Wildman–Crippen LogP) is 4.62. The van der Waals surface area contributed by atoms with Crippen molar-refractivity contribution in [3.8, 4) is 0 Å². The van der Waals surface area contributed by atoms with Gasteiger partial charge in [0.25, 0.3) is 0 Å². The van der Waals surface area contributed by atoms with Crippen LogP contribution in [0.25, 0.3) is 0 Å². The Morgan fingerprint density at radius 1 is 1.26 bits per heavy atom. The van der Waals surface area contributed by atoms with Crippen LogP contribution in [0, 0.1) is 5.92 Å². The summed E-state index contributed by atoms with van der Waals surface area (Å²) in [4.78, 5) is 20.7. The SMILES string of the molecule is CCC1(c2cc(Cl)ncc2NC2OC2c2ccnc(NC(=O)C3CCC(F)(F)C3)c2)OCCO1. The van der Waals surface area contributed by atoms with Crippen LogP contribution < -0.4 is 10.6 Å². The Balaban J connectivity index is 1.26. The number of nitrogens with zero attached hydrogens (tertiary/aromatic N) is 2. The van der Waals surface area contributed by atoms with Crippen LogP contribution in [0.4, 0.5) is 20.3 Å². The molecule has 4 heterocycles. The fourth-order valence-electron chi connectivity index (χ4n) is 4.59. The van der Waals surface area contributed by atoms with Gasteiger partial charge in [0.1, 0.15) is 17.1 Å². The Morgan fingerprint density at radius 2 is 2.06 bits per heavy atom. The Kier molecular flexibility index (Phi) is 6.18. The Hall–Kier alpha value is -2.40. The quantitative estimate of drug-likeness (QED) is 0.428. The lowest BCUT2D eigenvalue weighted by Gasteiger charge is -2.28. The van der Waals surface area contributed by atoms with Crippen molar-refractivity contribution in [1.82, 2.24) is 9.97 Å². The Bertz CT molecular complexity index is 1080. The van der Waals surface area contributed by atoms with Gasteiger partial charge in [-0.15, -0.1) is 0 Å². The first-order valence-electron chi connectivity index (χ1n) is 11.3. The number of anilines is 2. The first-order chi connectivity index (χ1) is 16.3. The normalized spacial score (nSPS) is 26.9. The number of ether oxygens (including phenoxy) is 3. The number of amides is 1. The smallest absolute Gasteiger partial charge is 0.248 e. The van der Waals surface area contributed by atoms with Crippen LogP contribution in [0.1, 0.15) is 49.8 Å². The molecule has 0 aromatic carbocycles. The van der Waals surface area contributed by atoms with Crippen molar-refractivity contribution in [2.45, 2.75) is 56.6 Å². The number of carbonyl (C=O) groups excluding carboxylic acids is 1. The maximum Gasteiger partial charge on any atom is 0.248 e. The van der Waals surface area contributed by atoms with Gasteiger partial charge < -0.3 is 24.8 Å². The summed E-state index contributed by atoms with van der Waals surface area (Å²) in [6.07, 6.45) is 2.59. The van der Waals surface area contributed by atoms with Crippen LogP contribution in [0.15, 0.2) is 30.6 Å².